The van der Waals surface area contributed by atoms with Crippen LogP contribution in [-0.4, -0.2) is 49.7 Å². The van der Waals surface area contributed by atoms with Crippen LogP contribution >= 0.6 is 0 Å². The second-order valence-corrected chi connectivity index (χ2v) is 7.89. The molecule has 0 aromatic carbocycles. The summed E-state index contributed by atoms with van der Waals surface area (Å²) in [5.41, 5.74) is 5.79. The van der Waals surface area contributed by atoms with Crippen molar-refractivity contribution < 1.29 is 0 Å². The molecule has 8 nitrogen and oxygen atoms in total. The van der Waals surface area contributed by atoms with E-state index in [1.807, 2.05) is 51.3 Å². The topological polar surface area (TPSA) is 76.7 Å². The lowest BCUT2D eigenvalue weighted by atomic mass is 10.2. The van der Waals surface area contributed by atoms with Gasteiger partial charge < -0.3 is 19.4 Å². The van der Waals surface area contributed by atoms with Crippen LogP contribution in [0.25, 0.3) is 22.3 Å². The molecule has 4 aromatic rings. The van der Waals surface area contributed by atoms with Crippen molar-refractivity contribution in [1.82, 2.24) is 29.1 Å². The van der Waals surface area contributed by atoms with E-state index in [0.29, 0.717) is 6.04 Å². The maximum atomic E-state index is 4.60. The number of rotatable bonds is 7. The zero-order valence-electron chi connectivity index (χ0n) is 17.7. The van der Waals surface area contributed by atoms with Crippen molar-refractivity contribution in [3.63, 3.8) is 0 Å². The van der Waals surface area contributed by atoms with E-state index in [9.17, 15) is 0 Å². The van der Waals surface area contributed by atoms with Crippen molar-refractivity contribution in [2.75, 3.05) is 30.9 Å². The number of nitrogens with zero attached hydrogens (tertiary/aromatic N) is 7. The largest absolute Gasteiger partial charge is 0.383 e. The molecule has 0 saturated heterocycles. The number of hydrogen-bond acceptors (Lipinski definition) is 6. The van der Waals surface area contributed by atoms with Gasteiger partial charge in [0, 0.05) is 45.1 Å². The summed E-state index contributed by atoms with van der Waals surface area (Å²) >= 11 is 0. The quantitative estimate of drug-likeness (QED) is 0.514. The lowest BCUT2D eigenvalue weighted by Crippen LogP contribution is -2.12. The van der Waals surface area contributed by atoms with E-state index in [1.165, 1.54) is 0 Å². The van der Waals surface area contributed by atoms with Gasteiger partial charge in [-0.05, 0) is 39.3 Å². The second-order valence-electron chi connectivity index (χ2n) is 7.89. The Labute approximate surface area is 170 Å². The molecule has 0 aliphatic carbocycles. The first-order valence-electron chi connectivity index (χ1n) is 10.0. The minimum absolute atomic E-state index is 0.267. The van der Waals surface area contributed by atoms with Gasteiger partial charge >= 0.3 is 0 Å². The van der Waals surface area contributed by atoms with E-state index in [2.05, 4.69) is 60.1 Å². The molecule has 0 amide bonds. The van der Waals surface area contributed by atoms with Gasteiger partial charge in [-0.25, -0.2) is 19.9 Å². The number of imidazole rings is 2. The molecule has 0 bridgehead atoms. The minimum Gasteiger partial charge on any atom is -0.383 e. The van der Waals surface area contributed by atoms with Crippen molar-refractivity contribution >= 4 is 33.7 Å². The van der Waals surface area contributed by atoms with Crippen LogP contribution in [0.4, 0.5) is 11.4 Å². The van der Waals surface area contributed by atoms with Gasteiger partial charge in [0.25, 0.3) is 0 Å². The molecule has 4 rings (SSSR count). The minimum atomic E-state index is 0.267. The molecule has 152 valence electrons. The molecule has 4 aromatic heterocycles. The smallest absolute Gasteiger partial charge is 0.162 e. The van der Waals surface area contributed by atoms with Crippen LogP contribution in [0.1, 0.15) is 39.3 Å². The van der Waals surface area contributed by atoms with E-state index in [0.717, 1.165) is 46.7 Å². The van der Waals surface area contributed by atoms with Crippen LogP contribution in [0.2, 0.25) is 0 Å². The van der Waals surface area contributed by atoms with Gasteiger partial charge in [0.1, 0.15) is 11.0 Å². The number of fused-ring (bicyclic) bond motifs is 2. The Hall–Kier alpha value is -3.16. The maximum Gasteiger partial charge on any atom is 0.162 e. The van der Waals surface area contributed by atoms with Gasteiger partial charge in [-0.3, -0.25) is 0 Å². The summed E-state index contributed by atoms with van der Waals surface area (Å²) in [6.07, 6.45) is 8.38. The van der Waals surface area contributed by atoms with Crippen LogP contribution in [0.5, 0.6) is 0 Å². The zero-order chi connectivity index (χ0) is 20.5. The third-order valence-electron chi connectivity index (χ3n) is 5.29. The van der Waals surface area contributed by atoms with Gasteiger partial charge in [0.05, 0.1) is 24.0 Å². The molecule has 0 radical (unpaired) electrons. The highest BCUT2D eigenvalue weighted by Gasteiger charge is 2.15. The normalized spacial score (nSPS) is 12.8. The Kier molecular flexibility index (Phi) is 5.08. The molecule has 29 heavy (non-hydrogen) atoms. The number of aromatic nitrogens is 6. The van der Waals surface area contributed by atoms with E-state index in [4.69, 9.17) is 0 Å². The molecule has 0 fully saturated rings. The average Bonchev–Trinajstić information content (AvgIpc) is 3.32. The van der Waals surface area contributed by atoms with E-state index in [1.54, 1.807) is 0 Å². The standard InChI is InChI=1S/C21H28N8/c1-14(2)28-12-25-18-16(7-10-23-20(18)28)22-9-6-15(3)29-13-26-19-17(27(4)5)8-11-24-21(19)29/h7-8,10-15H,6,9H2,1-5H3,(H,22,23). The molecule has 1 atom stereocenters. The Bertz CT molecular complexity index is 1120. The van der Waals surface area contributed by atoms with Crippen molar-refractivity contribution in [2.45, 2.75) is 39.3 Å². The molecule has 8 heteroatoms. The van der Waals surface area contributed by atoms with E-state index >= 15 is 0 Å². The first-order chi connectivity index (χ1) is 14.0. The van der Waals surface area contributed by atoms with Gasteiger partial charge in [0.2, 0.25) is 0 Å². The van der Waals surface area contributed by atoms with Crippen molar-refractivity contribution in [1.29, 1.82) is 0 Å². The summed E-state index contributed by atoms with van der Waals surface area (Å²) in [5, 5.41) is 3.53. The molecule has 4 heterocycles. The fourth-order valence-electron chi connectivity index (χ4n) is 3.61. The lowest BCUT2D eigenvalue weighted by molar-refractivity contribution is 0.530. The molecule has 0 spiro atoms. The van der Waals surface area contributed by atoms with Gasteiger partial charge in [-0.15, -0.1) is 0 Å². The molecular formula is C21H28N8. The maximum absolute atomic E-state index is 4.60. The molecule has 0 saturated carbocycles. The van der Waals surface area contributed by atoms with Crippen LogP contribution in [0, 0.1) is 0 Å². The number of hydrogen-bond donors (Lipinski definition) is 1. The first kappa shape index (κ1) is 19.2. The summed E-state index contributed by atoms with van der Waals surface area (Å²) in [6, 6.07) is 4.58. The van der Waals surface area contributed by atoms with Crippen LogP contribution in [0.15, 0.2) is 37.2 Å². The number of anilines is 2. The summed E-state index contributed by atoms with van der Waals surface area (Å²) in [4.78, 5) is 20.3. The summed E-state index contributed by atoms with van der Waals surface area (Å²) in [6.45, 7) is 7.29. The number of pyridine rings is 2. The molecule has 1 unspecified atom stereocenters. The predicted octanol–water partition coefficient (Wildman–Crippen LogP) is 3.89. The van der Waals surface area contributed by atoms with Gasteiger partial charge in [0.15, 0.2) is 11.3 Å². The second kappa shape index (κ2) is 7.69. The summed E-state index contributed by atoms with van der Waals surface area (Å²) in [7, 11) is 4.05. The Morgan fingerprint density at radius 3 is 2.28 bits per heavy atom. The zero-order valence-corrected chi connectivity index (χ0v) is 17.7. The highest BCUT2D eigenvalue weighted by atomic mass is 15.2. The summed E-state index contributed by atoms with van der Waals surface area (Å²) in [5.74, 6) is 0. The van der Waals surface area contributed by atoms with Gasteiger partial charge in [-0.1, -0.05) is 0 Å². The fourth-order valence-corrected chi connectivity index (χ4v) is 3.61. The number of nitrogens with one attached hydrogen (secondary N) is 1. The van der Waals surface area contributed by atoms with Crippen LogP contribution in [-0.2, 0) is 0 Å². The SMILES string of the molecule is CC(C)n1cnc2c(NCCC(C)n3cnc4c(N(C)C)ccnc43)ccnc21. The van der Waals surface area contributed by atoms with E-state index in [-0.39, 0.29) is 6.04 Å². The fraction of sp³-hybridized carbons (Fsp3) is 0.429. The lowest BCUT2D eigenvalue weighted by Gasteiger charge is -2.16. The molecule has 1 N–H and O–H groups in total. The average molecular weight is 393 g/mol. The Balaban J connectivity index is 1.49. The third kappa shape index (κ3) is 3.50. The van der Waals surface area contributed by atoms with Crippen molar-refractivity contribution in [3.05, 3.63) is 37.2 Å². The van der Waals surface area contributed by atoms with Crippen molar-refractivity contribution in [2.24, 2.45) is 0 Å². The molecule has 0 aliphatic rings. The predicted molar refractivity (Wildman–Crippen MR) is 118 cm³/mol. The van der Waals surface area contributed by atoms with Crippen LogP contribution < -0.4 is 10.2 Å². The summed E-state index contributed by atoms with van der Waals surface area (Å²) < 4.78 is 4.24. The monoisotopic (exact) mass is 392 g/mol. The highest BCUT2D eigenvalue weighted by Crippen LogP contribution is 2.26. The Morgan fingerprint density at radius 1 is 0.897 bits per heavy atom. The van der Waals surface area contributed by atoms with Crippen molar-refractivity contribution in [3.8, 4) is 0 Å². The molecular weight excluding hydrogens is 364 g/mol. The third-order valence-corrected chi connectivity index (χ3v) is 5.29. The van der Waals surface area contributed by atoms with Crippen LogP contribution in [0.3, 0.4) is 0 Å². The first-order valence-corrected chi connectivity index (χ1v) is 10.0. The van der Waals surface area contributed by atoms with Gasteiger partial charge in [-0.2, -0.15) is 0 Å². The molecule has 0 aliphatic heterocycles. The van der Waals surface area contributed by atoms with E-state index < -0.39 is 0 Å². The Morgan fingerprint density at radius 2 is 1.55 bits per heavy atom. The highest BCUT2D eigenvalue weighted by molar-refractivity contribution is 5.86.